The lowest BCUT2D eigenvalue weighted by Crippen LogP contribution is -2.47. The molecule has 0 N–H and O–H groups in total. The van der Waals surface area contributed by atoms with Crippen LogP contribution >= 0.6 is 0 Å². The molecule has 0 aromatic rings. The number of rotatable bonds is 11. The number of hydrogen-bond donors (Lipinski definition) is 0. The molecule has 0 aliphatic rings. The van der Waals surface area contributed by atoms with Crippen LogP contribution in [-0.4, -0.2) is 28.1 Å². The number of carbonyl (C=O) groups is 1. The van der Waals surface area contributed by atoms with Gasteiger partial charge in [0.1, 0.15) is 6.29 Å². The fourth-order valence-electron chi connectivity index (χ4n) is 2.24. The van der Waals surface area contributed by atoms with Gasteiger partial charge in [-0.3, -0.25) is 0 Å². The van der Waals surface area contributed by atoms with E-state index in [1.807, 2.05) is 13.8 Å². The fraction of sp³-hybridized carbons (Fsp3) is 0.923. The third-order valence-corrected chi connectivity index (χ3v) is 7.28. The highest BCUT2D eigenvalue weighted by atomic mass is 28.4. The first-order chi connectivity index (χ1) is 8.20. The number of carbonyl (C=O) groups excluding carboxylic acids is 1. The summed E-state index contributed by atoms with van der Waals surface area (Å²) in [6, 6.07) is 0.918. The minimum Gasteiger partial charge on any atom is -0.394 e. The first kappa shape index (κ1) is 16.8. The van der Waals surface area contributed by atoms with Crippen molar-refractivity contribution in [1.82, 2.24) is 0 Å². The van der Waals surface area contributed by atoms with Gasteiger partial charge in [-0.25, -0.2) is 0 Å². The molecule has 102 valence electrons. The molecule has 0 saturated heterocycles. The standard InChI is InChI=1S/C13H28O3Si/c1-5-9-10-13(12-14)17(11-6-2,15-7-3)16-8-4/h12-13H,5-11H2,1-4H3. The SMILES string of the molecule is CCCCC(C=O)[Si](CCC)(OCC)OCC. The van der Waals surface area contributed by atoms with Crippen LogP contribution in [0.3, 0.4) is 0 Å². The Labute approximate surface area is 107 Å². The predicted octanol–water partition coefficient (Wildman–Crippen LogP) is 3.67. The van der Waals surface area contributed by atoms with Crippen LogP contribution in [0.25, 0.3) is 0 Å². The minimum atomic E-state index is -2.33. The van der Waals surface area contributed by atoms with E-state index < -0.39 is 8.56 Å². The second kappa shape index (κ2) is 9.80. The van der Waals surface area contributed by atoms with Gasteiger partial charge in [0.2, 0.25) is 0 Å². The molecule has 0 amide bonds. The van der Waals surface area contributed by atoms with Crippen molar-refractivity contribution in [1.29, 1.82) is 0 Å². The van der Waals surface area contributed by atoms with Gasteiger partial charge in [0.15, 0.2) is 0 Å². The van der Waals surface area contributed by atoms with Crippen molar-refractivity contribution < 1.29 is 13.6 Å². The average molecular weight is 260 g/mol. The molecule has 0 aromatic heterocycles. The van der Waals surface area contributed by atoms with E-state index in [1.165, 1.54) is 0 Å². The summed E-state index contributed by atoms with van der Waals surface area (Å²) in [5.74, 6) is 0. The molecule has 1 atom stereocenters. The Morgan fingerprint density at radius 3 is 2.00 bits per heavy atom. The van der Waals surface area contributed by atoms with Crippen LogP contribution in [0.15, 0.2) is 0 Å². The number of aldehydes is 1. The summed E-state index contributed by atoms with van der Waals surface area (Å²) in [7, 11) is -2.33. The third-order valence-electron chi connectivity index (χ3n) is 2.97. The summed E-state index contributed by atoms with van der Waals surface area (Å²) in [5, 5.41) is 0. The Morgan fingerprint density at radius 2 is 1.65 bits per heavy atom. The Hall–Kier alpha value is -0.193. The van der Waals surface area contributed by atoms with Crippen LogP contribution in [0.1, 0.15) is 53.4 Å². The van der Waals surface area contributed by atoms with Crippen molar-refractivity contribution in [2.24, 2.45) is 0 Å². The molecule has 1 unspecified atom stereocenters. The first-order valence-corrected chi connectivity index (χ1v) is 9.03. The Balaban J connectivity index is 4.83. The maximum atomic E-state index is 11.4. The second-order valence-corrected chi connectivity index (χ2v) is 7.76. The summed E-state index contributed by atoms with van der Waals surface area (Å²) in [4.78, 5) is 11.4. The third kappa shape index (κ3) is 5.32. The summed E-state index contributed by atoms with van der Waals surface area (Å²) in [6.45, 7) is 9.52. The average Bonchev–Trinajstić information content (AvgIpc) is 2.31. The smallest absolute Gasteiger partial charge is 0.348 e. The number of unbranched alkanes of at least 4 members (excludes halogenated alkanes) is 1. The molecular weight excluding hydrogens is 232 g/mol. The highest BCUT2D eigenvalue weighted by Crippen LogP contribution is 2.32. The Bertz CT molecular complexity index is 180. The second-order valence-electron chi connectivity index (χ2n) is 4.31. The number of hydrogen-bond acceptors (Lipinski definition) is 3. The van der Waals surface area contributed by atoms with Gasteiger partial charge >= 0.3 is 8.56 Å². The van der Waals surface area contributed by atoms with Crippen LogP contribution in [-0.2, 0) is 13.6 Å². The zero-order valence-electron chi connectivity index (χ0n) is 11.8. The Kier molecular flexibility index (Phi) is 9.69. The molecule has 0 aliphatic heterocycles. The van der Waals surface area contributed by atoms with Crippen molar-refractivity contribution in [2.75, 3.05) is 13.2 Å². The van der Waals surface area contributed by atoms with Gasteiger partial charge in [0, 0.05) is 13.2 Å². The molecule has 0 radical (unpaired) electrons. The molecule has 0 aliphatic carbocycles. The van der Waals surface area contributed by atoms with Crippen molar-refractivity contribution in [3.63, 3.8) is 0 Å². The highest BCUT2D eigenvalue weighted by Gasteiger charge is 2.44. The van der Waals surface area contributed by atoms with E-state index >= 15 is 0 Å². The van der Waals surface area contributed by atoms with Crippen molar-refractivity contribution >= 4 is 14.8 Å². The van der Waals surface area contributed by atoms with Crippen LogP contribution < -0.4 is 0 Å². The van der Waals surface area contributed by atoms with Crippen molar-refractivity contribution in [3.8, 4) is 0 Å². The molecule has 4 heteroatoms. The van der Waals surface area contributed by atoms with Gasteiger partial charge in [-0.2, -0.15) is 0 Å². The maximum absolute atomic E-state index is 11.4. The lowest BCUT2D eigenvalue weighted by molar-refractivity contribution is -0.108. The van der Waals surface area contributed by atoms with Gasteiger partial charge in [0.05, 0.1) is 5.54 Å². The zero-order chi connectivity index (χ0) is 13.1. The molecule has 0 saturated carbocycles. The predicted molar refractivity (Wildman–Crippen MR) is 73.4 cm³/mol. The van der Waals surface area contributed by atoms with Crippen LogP contribution in [0.5, 0.6) is 0 Å². The Morgan fingerprint density at radius 1 is 1.06 bits per heavy atom. The van der Waals surface area contributed by atoms with E-state index in [2.05, 4.69) is 13.8 Å². The lowest BCUT2D eigenvalue weighted by Gasteiger charge is -2.34. The van der Waals surface area contributed by atoms with Crippen molar-refractivity contribution in [2.45, 2.75) is 65.0 Å². The van der Waals surface area contributed by atoms with Gasteiger partial charge in [-0.1, -0.05) is 33.1 Å². The van der Waals surface area contributed by atoms with Crippen LogP contribution in [0.2, 0.25) is 11.6 Å². The van der Waals surface area contributed by atoms with Gasteiger partial charge in [-0.15, -0.1) is 0 Å². The molecule has 0 heterocycles. The van der Waals surface area contributed by atoms with E-state index in [-0.39, 0.29) is 5.54 Å². The van der Waals surface area contributed by atoms with E-state index in [1.54, 1.807) is 0 Å². The zero-order valence-corrected chi connectivity index (χ0v) is 12.8. The summed E-state index contributed by atoms with van der Waals surface area (Å²) >= 11 is 0. The largest absolute Gasteiger partial charge is 0.394 e. The van der Waals surface area contributed by atoms with E-state index in [0.717, 1.165) is 38.0 Å². The normalized spacial score (nSPS) is 13.6. The molecule has 0 bridgehead atoms. The van der Waals surface area contributed by atoms with Gasteiger partial charge in [0.25, 0.3) is 0 Å². The molecular formula is C13H28O3Si. The van der Waals surface area contributed by atoms with Crippen LogP contribution in [0.4, 0.5) is 0 Å². The van der Waals surface area contributed by atoms with E-state index in [0.29, 0.717) is 13.2 Å². The monoisotopic (exact) mass is 260 g/mol. The highest BCUT2D eigenvalue weighted by molar-refractivity contribution is 6.71. The van der Waals surface area contributed by atoms with E-state index in [9.17, 15) is 4.79 Å². The van der Waals surface area contributed by atoms with Crippen molar-refractivity contribution in [3.05, 3.63) is 0 Å². The fourth-order valence-corrected chi connectivity index (χ4v) is 5.93. The molecule has 0 rings (SSSR count). The molecule has 3 nitrogen and oxygen atoms in total. The first-order valence-electron chi connectivity index (χ1n) is 6.93. The quantitative estimate of drug-likeness (QED) is 0.420. The van der Waals surface area contributed by atoms with Gasteiger partial charge in [-0.05, 0) is 26.3 Å². The summed E-state index contributed by atoms with van der Waals surface area (Å²) in [5.41, 5.74) is -0.0118. The molecule has 0 aromatic carbocycles. The minimum absolute atomic E-state index is 0.0118. The maximum Gasteiger partial charge on any atom is 0.348 e. The van der Waals surface area contributed by atoms with Gasteiger partial charge < -0.3 is 13.6 Å². The summed E-state index contributed by atoms with van der Waals surface area (Å²) < 4.78 is 11.9. The topological polar surface area (TPSA) is 35.5 Å². The molecule has 17 heavy (non-hydrogen) atoms. The van der Waals surface area contributed by atoms with Crippen LogP contribution in [0, 0.1) is 0 Å². The molecule has 0 fully saturated rings. The molecule has 0 spiro atoms. The summed E-state index contributed by atoms with van der Waals surface area (Å²) in [6.07, 6.45) is 5.18. The van der Waals surface area contributed by atoms with E-state index in [4.69, 9.17) is 8.85 Å². The lowest BCUT2D eigenvalue weighted by atomic mass is 10.2.